The van der Waals surface area contributed by atoms with Gasteiger partial charge in [-0.15, -0.1) is 5.10 Å². The van der Waals surface area contributed by atoms with Crippen LogP contribution in [0.4, 0.5) is 0 Å². The Bertz CT molecular complexity index is 956. The van der Waals surface area contributed by atoms with Gasteiger partial charge in [0.15, 0.2) is 0 Å². The molecule has 0 saturated heterocycles. The van der Waals surface area contributed by atoms with Gasteiger partial charge in [-0.05, 0) is 29.8 Å². The number of carbonyl (C=O) groups excluding carboxylic acids is 1. The molecule has 0 bridgehead atoms. The Labute approximate surface area is 175 Å². The number of nitrogens with zero attached hydrogens (tertiary/aromatic N) is 4. The fraction of sp³-hybridized carbons (Fsp3) is 0.318. The Kier molecular flexibility index (Phi) is 6.93. The average Bonchev–Trinajstić information content (AvgIpc) is 3.17. The van der Waals surface area contributed by atoms with E-state index in [0.29, 0.717) is 11.7 Å². The maximum absolute atomic E-state index is 12.6. The van der Waals surface area contributed by atoms with Crippen LogP contribution < -0.4 is 4.74 Å². The zero-order valence-corrected chi connectivity index (χ0v) is 18.0. The second kappa shape index (κ2) is 9.60. The standard InChI is InChI=1S/C22H26N4O2S/c1-16(2)21-23-22(24-26(21)18-10-6-5-7-11-18)29-15-20(27)25(3)14-17-9-8-12-19(13-17)28-4/h5-13,16H,14-15H2,1-4H3. The van der Waals surface area contributed by atoms with Crippen molar-refractivity contribution < 1.29 is 9.53 Å². The largest absolute Gasteiger partial charge is 0.497 e. The number of para-hydroxylation sites is 1. The molecule has 7 heteroatoms. The lowest BCUT2D eigenvalue weighted by Gasteiger charge is -2.17. The molecule has 1 aromatic heterocycles. The first-order chi connectivity index (χ1) is 14.0. The van der Waals surface area contributed by atoms with Crippen LogP contribution in [-0.4, -0.2) is 45.5 Å². The molecule has 6 nitrogen and oxygen atoms in total. The van der Waals surface area contributed by atoms with Gasteiger partial charge in [-0.1, -0.05) is 55.9 Å². The Morgan fingerprint density at radius 1 is 1.17 bits per heavy atom. The first kappa shape index (κ1) is 20.9. The minimum Gasteiger partial charge on any atom is -0.497 e. The zero-order valence-electron chi connectivity index (χ0n) is 17.2. The molecule has 1 amide bonds. The van der Waals surface area contributed by atoms with Gasteiger partial charge in [-0.3, -0.25) is 4.79 Å². The van der Waals surface area contributed by atoms with Crippen LogP contribution in [0, 0.1) is 0 Å². The highest BCUT2D eigenvalue weighted by Gasteiger charge is 2.17. The van der Waals surface area contributed by atoms with Crippen LogP contribution in [-0.2, 0) is 11.3 Å². The number of methoxy groups -OCH3 is 1. The van der Waals surface area contributed by atoms with Crippen molar-refractivity contribution in [3.8, 4) is 11.4 Å². The number of amides is 1. The van der Waals surface area contributed by atoms with E-state index in [1.54, 1.807) is 19.1 Å². The minimum absolute atomic E-state index is 0.0278. The van der Waals surface area contributed by atoms with Crippen molar-refractivity contribution in [3.05, 3.63) is 66.0 Å². The van der Waals surface area contributed by atoms with E-state index in [4.69, 9.17) is 4.74 Å². The van der Waals surface area contributed by atoms with E-state index >= 15 is 0 Å². The normalized spacial score (nSPS) is 10.9. The predicted molar refractivity (Wildman–Crippen MR) is 116 cm³/mol. The third kappa shape index (κ3) is 5.38. The molecular formula is C22H26N4O2S. The van der Waals surface area contributed by atoms with Gasteiger partial charge in [0.25, 0.3) is 0 Å². The number of hydrogen-bond acceptors (Lipinski definition) is 5. The van der Waals surface area contributed by atoms with Crippen LogP contribution in [0.3, 0.4) is 0 Å². The highest BCUT2D eigenvalue weighted by molar-refractivity contribution is 7.99. The molecule has 0 aliphatic carbocycles. The molecule has 3 aromatic rings. The summed E-state index contributed by atoms with van der Waals surface area (Å²) >= 11 is 1.36. The molecule has 0 aliphatic rings. The monoisotopic (exact) mass is 410 g/mol. The number of benzene rings is 2. The summed E-state index contributed by atoms with van der Waals surface area (Å²) < 4.78 is 7.10. The molecule has 0 radical (unpaired) electrons. The van der Waals surface area contributed by atoms with E-state index in [0.717, 1.165) is 22.8 Å². The van der Waals surface area contributed by atoms with Gasteiger partial charge in [-0.25, -0.2) is 9.67 Å². The summed E-state index contributed by atoms with van der Waals surface area (Å²) in [6, 6.07) is 17.7. The van der Waals surface area contributed by atoms with Crippen LogP contribution in [0.25, 0.3) is 5.69 Å². The quantitative estimate of drug-likeness (QED) is 0.522. The minimum atomic E-state index is 0.0278. The molecule has 0 saturated carbocycles. The number of ether oxygens (including phenoxy) is 1. The summed E-state index contributed by atoms with van der Waals surface area (Å²) in [7, 11) is 3.44. The maximum Gasteiger partial charge on any atom is 0.233 e. The summed E-state index contributed by atoms with van der Waals surface area (Å²) in [4.78, 5) is 18.9. The molecule has 29 heavy (non-hydrogen) atoms. The third-order valence-electron chi connectivity index (χ3n) is 4.43. The molecule has 0 aliphatic heterocycles. The van der Waals surface area contributed by atoms with E-state index in [1.165, 1.54) is 11.8 Å². The molecule has 1 heterocycles. The van der Waals surface area contributed by atoms with Crippen molar-refractivity contribution in [3.63, 3.8) is 0 Å². The topological polar surface area (TPSA) is 60.2 Å². The summed E-state index contributed by atoms with van der Waals surface area (Å²) in [5, 5.41) is 5.23. The van der Waals surface area contributed by atoms with Crippen molar-refractivity contribution in [2.45, 2.75) is 31.5 Å². The lowest BCUT2D eigenvalue weighted by molar-refractivity contribution is -0.127. The molecule has 3 rings (SSSR count). The average molecular weight is 411 g/mol. The van der Waals surface area contributed by atoms with Gasteiger partial charge >= 0.3 is 0 Å². The smallest absolute Gasteiger partial charge is 0.233 e. The Hall–Kier alpha value is -2.80. The van der Waals surface area contributed by atoms with Crippen molar-refractivity contribution in [1.29, 1.82) is 0 Å². The van der Waals surface area contributed by atoms with Gasteiger partial charge in [0.05, 0.1) is 18.6 Å². The SMILES string of the molecule is COc1cccc(CN(C)C(=O)CSc2nc(C(C)C)n(-c3ccccc3)n2)c1. The molecule has 0 fully saturated rings. The van der Waals surface area contributed by atoms with E-state index in [-0.39, 0.29) is 17.6 Å². The van der Waals surface area contributed by atoms with E-state index in [9.17, 15) is 4.79 Å². The highest BCUT2D eigenvalue weighted by atomic mass is 32.2. The summed E-state index contributed by atoms with van der Waals surface area (Å²) in [6.07, 6.45) is 0. The number of hydrogen-bond donors (Lipinski definition) is 0. The first-order valence-electron chi connectivity index (χ1n) is 9.50. The first-order valence-corrected chi connectivity index (χ1v) is 10.5. The van der Waals surface area contributed by atoms with Crippen LogP contribution in [0.1, 0.15) is 31.2 Å². The van der Waals surface area contributed by atoms with E-state index in [2.05, 4.69) is 23.9 Å². The van der Waals surface area contributed by atoms with Gasteiger partial charge in [0.1, 0.15) is 11.6 Å². The number of rotatable bonds is 8. The predicted octanol–water partition coefficient (Wildman–Crippen LogP) is 4.15. The van der Waals surface area contributed by atoms with Gasteiger partial charge in [-0.2, -0.15) is 0 Å². The number of carbonyl (C=O) groups is 1. The number of aromatic nitrogens is 3. The molecule has 0 unspecified atom stereocenters. The van der Waals surface area contributed by atoms with Crippen LogP contribution in [0.2, 0.25) is 0 Å². The fourth-order valence-corrected chi connectivity index (χ4v) is 3.64. The van der Waals surface area contributed by atoms with Crippen molar-refractivity contribution >= 4 is 17.7 Å². The molecular weight excluding hydrogens is 384 g/mol. The summed E-state index contributed by atoms with van der Waals surface area (Å²) in [5.74, 6) is 2.21. The number of thioether (sulfide) groups is 1. The lowest BCUT2D eigenvalue weighted by Crippen LogP contribution is -2.27. The van der Waals surface area contributed by atoms with Gasteiger partial charge < -0.3 is 9.64 Å². The summed E-state index contributed by atoms with van der Waals surface area (Å²) in [6.45, 7) is 4.70. The van der Waals surface area contributed by atoms with Crippen LogP contribution in [0.5, 0.6) is 5.75 Å². The molecule has 2 aromatic carbocycles. The van der Waals surface area contributed by atoms with Gasteiger partial charge in [0.2, 0.25) is 11.1 Å². The van der Waals surface area contributed by atoms with Crippen molar-refractivity contribution in [1.82, 2.24) is 19.7 Å². The maximum atomic E-state index is 12.6. The second-order valence-corrected chi connectivity index (χ2v) is 7.99. The van der Waals surface area contributed by atoms with Crippen molar-refractivity contribution in [2.75, 3.05) is 19.9 Å². The van der Waals surface area contributed by atoms with Crippen molar-refractivity contribution in [2.24, 2.45) is 0 Å². The summed E-state index contributed by atoms with van der Waals surface area (Å²) in [5.41, 5.74) is 2.00. The Balaban J connectivity index is 1.65. The highest BCUT2D eigenvalue weighted by Crippen LogP contribution is 2.22. The van der Waals surface area contributed by atoms with Crippen LogP contribution in [0.15, 0.2) is 59.8 Å². The third-order valence-corrected chi connectivity index (χ3v) is 5.26. The van der Waals surface area contributed by atoms with E-state index in [1.807, 2.05) is 59.3 Å². The lowest BCUT2D eigenvalue weighted by atomic mass is 10.2. The zero-order chi connectivity index (χ0) is 20.8. The molecule has 152 valence electrons. The molecule has 0 N–H and O–H groups in total. The van der Waals surface area contributed by atoms with Gasteiger partial charge in [0, 0.05) is 19.5 Å². The fourth-order valence-electron chi connectivity index (χ4n) is 2.87. The molecule has 0 atom stereocenters. The Morgan fingerprint density at radius 3 is 2.62 bits per heavy atom. The van der Waals surface area contributed by atoms with Crippen LogP contribution >= 0.6 is 11.8 Å². The van der Waals surface area contributed by atoms with E-state index < -0.39 is 0 Å². The molecule has 0 spiro atoms. The Morgan fingerprint density at radius 2 is 1.93 bits per heavy atom. The second-order valence-electron chi connectivity index (χ2n) is 7.04.